The molecule has 2 heteroatoms. The first-order chi connectivity index (χ1) is 7.92. The molecule has 1 aliphatic rings. The molecule has 0 aromatic carbocycles. The van der Waals surface area contributed by atoms with E-state index in [-0.39, 0.29) is 0 Å². The van der Waals surface area contributed by atoms with E-state index in [0.29, 0.717) is 6.04 Å². The molecule has 0 amide bonds. The van der Waals surface area contributed by atoms with Gasteiger partial charge in [0.2, 0.25) is 0 Å². The normalized spacial score (nSPS) is 20.8. The number of rotatable bonds is 4. The molecule has 1 saturated heterocycles. The molecule has 0 N–H and O–H groups in total. The Bertz CT molecular complexity index is 353. The van der Waals surface area contributed by atoms with Gasteiger partial charge in [-0.2, -0.15) is 0 Å². The molecule has 2 nitrogen and oxygen atoms in total. The Morgan fingerprint density at radius 1 is 1.56 bits per heavy atom. The molecule has 1 aromatic rings. The quantitative estimate of drug-likeness (QED) is 0.566. The van der Waals surface area contributed by atoms with Crippen LogP contribution in [0.1, 0.15) is 37.3 Å². The summed E-state index contributed by atoms with van der Waals surface area (Å²) in [5.41, 5.74) is 1.35. The molecule has 2 rings (SSSR count). The molecule has 16 heavy (non-hydrogen) atoms. The zero-order valence-corrected chi connectivity index (χ0v) is 9.60. The van der Waals surface area contributed by atoms with E-state index < -0.39 is 0 Å². The van der Waals surface area contributed by atoms with Gasteiger partial charge < -0.3 is 0 Å². The molecule has 1 atom stereocenters. The summed E-state index contributed by atoms with van der Waals surface area (Å²) in [5, 5.41) is 0. The van der Waals surface area contributed by atoms with Crippen molar-refractivity contribution in [1.29, 1.82) is 0 Å². The Morgan fingerprint density at radius 2 is 2.50 bits per heavy atom. The molecule has 1 aliphatic heterocycles. The number of pyridine rings is 1. The van der Waals surface area contributed by atoms with Gasteiger partial charge >= 0.3 is 0 Å². The van der Waals surface area contributed by atoms with Crippen molar-refractivity contribution in [1.82, 2.24) is 9.88 Å². The number of likely N-dealkylation sites (tertiary alicyclic amines) is 1. The van der Waals surface area contributed by atoms with Crippen LogP contribution in [0.15, 0.2) is 24.5 Å². The minimum Gasteiger partial charge on any atom is -0.296 e. The molecule has 0 spiro atoms. The summed E-state index contributed by atoms with van der Waals surface area (Å²) >= 11 is 0. The Morgan fingerprint density at radius 3 is 3.25 bits per heavy atom. The van der Waals surface area contributed by atoms with Crippen molar-refractivity contribution in [3.63, 3.8) is 0 Å². The third-order valence-electron chi connectivity index (χ3n) is 3.20. The van der Waals surface area contributed by atoms with Gasteiger partial charge in [-0.3, -0.25) is 9.88 Å². The third kappa shape index (κ3) is 2.62. The average Bonchev–Trinajstić information content (AvgIpc) is 2.79. The van der Waals surface area contributed by atoms with Gasteiger partial charge in [-0.1, -0.05) is 6.07 Å². The van der Waals surface area contributed by atoms with Crippen LogP contribution in [-0.2, 0) is 0 Å². The van der Waals surface area contributed by atoms with E-state index in [2.05, 4.69) is 21.9 Å². The van der Waals surface area contributed by atoms with E-state index in [4.69, 9.17) is 6.42 Å². The highest BCUT2D eigenvalue weighted by Gasteiger charge is 2.25. The Labute approximate surface area is 97.7 Å². The van der Waals surface area contributed by atoms with Crippen LogP contribution in [-0.4, -0.2) is 23.0 Å². The van der Waals surface area contributed by atoms with E-state index in [1.54, 1.807) is 0 Å². The number of unbranched alkanes of at least 4 members (excludes halogenated alkanes) is 1. The minimum absolute atomic E-state index is 0.562. The molecule has 1 fully saturated rings. The van der Waals surface area contributed by atoms with Crippen LogP contribution >= 0.6 is 0 Å². The minimum atomic E-state index is 0.562. The first-order valence-electron chi connectivity index (χ1n) is 5.99. The Balaban J connectivity index is 1.96. The number of aromatic nitrogens is 1. The van der Waals surface area contributed by atoms with Gasteiger partial charge in [0.25, 0.3) is 0 Å². The van der Waals surface area contributed by atoms with Gasteiger partial charge in [-0.05, 0) is 44.0 Å². The summed E-state index contributed by atoms with van der Waals surface area (Å²) in [6, 6.07) is 4.76. The van der Waals surface area contributed by atoms with E-state index in [1.165, 1.54) is 24.9 Å². The topological polar surface area (TPSA) is 16.1 Å². The van der Waals surface area contributed by atoms with Crippen LogP contribution in [0.4, 0.5) is 0 Å². The Kier molecular flexibility index (Phi) is 3.96. The maximum Gasteiger partial charge on any atom is 0.0363 e. The van der Waals surface area contributed by atoms with Crippen molar-refractivity contribution in [3.05, 3.63) is 30.1 Å². The average molecular weight is 214 g/mol. The predicted molar refractivity (Wildman–Crippen MR) is 65.9 cm³/mol. The molecule has 84 valence electrons. The van der Waals surface area contributed by atoms with Gasteiger partial charge in [-0.25, -0.2) is 0 Å². The highest BCUT2D eigenvalue weighted by Crippen LogP contribution is 2.31. The summed E-state index contributed by atoms with van der Waals surface area (Å²) in [6.45, 7) is 2.31. The zero-order chi connectivity index (χ0) is 11.2. The molecule has 0 radical (unpaired) electrons. The van der Waals surface area contributed by atoms with Crippen molar-refractivity contribution >= 4 is 0 Å². The zero-order valence-electron chi connectivity index (χ0n) is 9.60. The largest absolute Gasteiger partial charge is 0.296 e. The van der Waals surface area contributed by atoms with E-state index in [9.17, 15) is 0 Å². The maximum atomic E-state index is 5.28. The molecular weight excluding hydrogens is 196 g/mol. The van der Waals surface area contributed by atoms with Gasteiger partial charge in [0.1, 0.15) is 0 Å². The van der Waals surface area contributed by atoms with Crippen molar-refractivity contribution in [2.45, 2.75) is 31.7 Å². The molecule has 0 saturated carbocycles. The number of terminal acetylenes is 1. The molecule has 0 bridgehead atoms. The summed E-state index contributed by atoms with van der Waals surface area (Å²) in [7, 11) is 0. The van der Waals surface area contributed by atoms with Crippen molar-refractivity contribution in [2.24, 2.45) is 0 Å². The number of hydrogen-bond acceptors (Lipinski definition) is 2. The van der Waals surface area contributed by atoms with E-state index in [0.717, 1.165) is 19.4 Å². The first-order valence-corrected chi connectivity index (χ1v) is 5.99. The smallest absolute Gasteiger partial charge is 0.0363 e. The number of nitrogens with zero attached hydrogens (tertiary/aromatic N) is 2. The lowest BCUT2D eigenvalue weighted by atomic mass is 10.1. The second-order valence-electron chi connectivity index (χ2n) is 4.29. The summed E-state index contributed by atoms with van der Waals surface area (Å²) < 4.78 is 0. The van der Waals surface area contributed by atoms with Crippen LogP contribution in [0.5, 0.6) is 0 Å². The highest BCUT2D eigenvalue weighted by molar-refractivity contribution is 5.15. The van der Waals surface area contributed by atoms with Crippen LogP contribution < -0.4 is 0 Å². The predicted octanol–water partition coefficient (Wildman–Crippen LogP) is 2.63. The standard InChI is InChI=1S/C14H18N2/c1-2-3-4-10-16-11-6-8-14(16)13-7-5-9-15-12-13/h1,5,7,9,12,14H,3-4,6,8,10-11H2/t14-/m1/s1. The van der Waals surface area contributed by atoms with Crippen molar-refractivity contribution < 1.29 is 0 Å². The fraction of sp³-hybridized carbons (Fsp3) is 0.500. The monoisotopic (exact) mass is 214 g/mol. The summed E-state index contributed by atoms with van der Waals surface area (Å²) in [4.78, 5) is 6.74. The molecular formula is C14H18N2. The molecule has 1 aromatic heterocycles. The van der Waals surface area contributed by atoms with E-state index in [1.807, 2.05) is 18.5 Å². The molecule has 0 unspecified atom stereocenters. The van der Waals surface area contributed by atoms with Crippen LogP contribution in [0.25, 0.3) is 0 Å². The lowest BCUT2D eigenvalue weighted by Crippen LogP contribution is -2.24. The van der Waals surface area contributed by atoms with Crippen LogP contribution in [0.3, 0.4) is 0 Å². The second-order valence-corrected chi connectivity index (χ2v) is 4.29. The van der Waals surface area contributed by atoms with Crippen LogP contribution in [0, 0.1) is 12.3 Å². The number of hydrogen-bond donors (Lipinski definition) is 0. The van der Waals surface area contributed by atoms with E-state index >= 15 is 0 Å². The molecule has 2 heterocycles. The fourth-order valence-electron chi connectivity index (χ4n) is 2.43. The lowest BCUT2D eigenvalue weighted by Gasteiger charge is -2.24. The lowest BCUT2D eigenvalue weighted by molar-refractivity contribution is 0.255. The van der Waals surface area contributed by atoms with Crippen molar-refractivity contribution in [3.8, 4) is 12.3 Å². The maximum absolute atomic E-state index is 5.28. The SMILES string of the molecule is C#CCCCN1CCC[C@@H]1c1cccnc1. The fourth-order valence-corrected chi connectivity index (χ4v) is 2.43. The molecule has 0 aliphatic carbocycles. The summed E-state index contributed by atoms with van der Waals surface area (Å²) in [6.07, 6.45) is 13.6. The van der Waals surface area contributed by atoms with Crippen molar-refractivity contribution in [2.75, 3.05) is 13.1 Å². The third-order valence-corrected chi connectivity index (χ3v) is 3.20. The van der Waals surface area contributed by atoms with Gasteiger partial charge in [0.05, 0.1) is 0 Å². The highest BCUT2D eigenvalue weighted by atomic mass is 15.2. The van der Waals surface area contributed by atoms with Gasteiger partial charge in [-0.15, -0.1) is 12.3 Å². The second kappa shape index (κ2) is 5.67. The first kappa shape index (κ1) is 11.2. The van der Waals surface area contributed by atoms with Gasteiger partial charge in [0, 0.05) is 24.9 Å². The summed E-state index contributed by atoms with van der Waals surface area (Å²) in [5.74, 6) is 2.71. The van der Waals surface area contributed by atoms with Gasteiger partial charge in [0.15, 0.2) is 0 Å². The Hall–Kier alpha value is -1.33. The van der Waals surface area contributed by atoms with Crippen LogP contribution in [0.2, 0.25) is 0 Å².